The van der Waals surface area contributed by atoms with Crippen molar-refractivity contribution in [1.29, 1.82) is 0 Å². The molecule has 19 heavy (non-hydrogen) atoms. The summed E-state index contributed by atoms with van der Waals surface area (Å²) in [6.07, 6.45) is 1.05. The highest BCUT2D eigenvalue weighted by atomic mass is 35.5. The second kappa shape index (κ2) is 6.80. The molecule has 106 valence electrons. The van der Waals surface area contributed by atoms with Crippen molar-refractivity contribution < 1.29 is 4.74 Å². The summed E-state index contributed by atoms with van der Waals surface area (Å²) < 4.78 is 5.70. The molecular formula is C14H20Cl2N2O. The maximum atomic E-state index is 6.05. The van der Waals surface area contributed by atoms with Crippen LogP contribution in [0.2, 0.25) is 10.0 Å². The van der Waals surface area contributed by atoms with Crippen LogP contribution in [0, 0.1) is 5.92 Å². The highest BCUT2D eigenvalue weighted by Gasteiger charge is 2.22. The number of hydrogen-bond acceptors (Lipinski definition) is 3. The van der Waals surface area contributed by atoms with Gasteiger partial charge in [0.15, 0.2) is 5.75 Å². The molecule has 1 aliphatic heterocycles. The van der Waals surface area contributed by atoms with Crippen LogP contribution in [-0.4, -0.2) is 37.2 Å². The van der Waals surface area contributed by atoms with Gasteiger partial charge >= 0.3 is 0 Å². The minimum atomic E-state index is 0.329. The Kier molecular flexibility index (Phi) is 5.34. The number of likely N-dealkylation sites (tertiary alicyclic amines) is 1. The van der Waals surface area contributed by atoms with Gasteiger partial charge in [0, 0.05) is 19.1 Å². The maximum Gasteiger partial charge on any atom is 0.156 e. The molecule has 1 aromatic carbocycles. The molecule has 0 aliphatic carbocycles. The van der Waals surface area contributed by atoms with Crippen molar-refractivity contribution >= 4 is 23.2 Å². The largest absolute Gasteiger partial charge is 0.489 e. The Hall–Kier alpha value is -0.480. The predicted molar refractivity (Wildman–Crippen MR) is 80.2 cm³/mol. The average Bonchev–Trinajstić information content (AvgIpc) is 2.37. The van der Waals surface area contributed by atoms with E-state index in [-0.39, 0.29) is 0 Å². The number of hydrogen-bond donors (Lipinski definition) is 1. The van der Waals surface area contributed by atoms with Gasteiger partial charge in [0.05, 0.1) is 10.0 Å². The van der Waals surface area contributed by atoms with Gasteiger partial charge in [-0.3, -0.25) is 4.90 Å². The van der Waals surface area contributed by atoms with Crippen LogP contribution in [0.15, 0.2) is 18.2 Å². The zero-order valence-corrected chi connectivity index (χ0v) is 12.6. The van der Waals surface area contributed by atoms with Gasteiger partial charge in [0.1, 0.15) is 6.61 Å². The molecule has 1 aliphatic rings. The fourth-order valence-corrected chi connectivity index (χ4v) is 2.86. The molecule has 0 amide bonds. The van der Waals surface area contributed by atoms with E-state index in [0.29, 0.717) is 34.4 Å². The molecule has 0 saturated carbocycles. The number of benzene rings is 1. The van der Waals surface area contributed by atoms with Crippen LogP contribution in [-0.2, 0) is 0 Å². The van der Waals surface area contributed by atoms with Crippen molar-refractivity contribution in [1.82, 2.24) is 4.90 Å². The van der Waals surface area contributed by atoms with Gasteiger partial charge in [-0.25, -0.2) is 0 Å². The highest BCUT2D eigenvalue weighted by molar-refractivity contribution is 6.37. The minimum absolute atomic E-state index is 0.329. The number of piperidine rings is 1. The van der Waals surface area contributed by atoms with Crippen molar-refractivity contribution in [3.8, 4) is 5.75 Å². The average molecular weight is 303 g/mol. The molecule has 2 atom stereocenters. The van der Waals surface area contributed by atoms with Gasteiger partial charge in [-0.15, -0.1) is 0 Å². The quantitative estimate of drug-likeness (QED) is 0.929. The Bertz CT molecular complexity index is 408. The summed E-state index contributed by atoms with van der Waals surface area (Å²) in [5, 5.41) is 1.11. The number of para-hydroxylation sites is 1. The van der Waals surface area contributed by atoms with E-state index in [0.717, 1.165) is 26.1 Å². The number of ether oxygens (including phenoxy) is 1. The molecule has 0 bridgehead atoms. The van der Waals surface area contributed by atoms with E-state index in [1.807, 2.05) is 6.07 Å². The first-order valence-corrected chi connectivity index (χ1v) is 7.38. The van der Waals surface area contributed by atoms with Crippen LogP contribution < -0.4 is 10.5 Å². The summed E-state index contributed by atoms with van der Waals surface area (Å²) in [6.45, 7) is 5.72. The lowest BCUT2D eigenvalue weighted by molar-refractivity contribution is 0.140. The molecule has 3 nitrogen and oxygen atoms in total. The van der Waals surface area contributed by atoms with Gasteiger partial charge in [-0.1, -0.05) is 36.2 Å². The molecule has 0 spiro atoms. The number of halogens is 2. The Morgan fingerprint density at radius 2 is 2.05 bits per heavy atom. The predicted octanol–water partition coefficient (Wildman–Crippen LogP) is 3.04. The molecule has 5 heteroatoms. The SMILES string of the molecule is CC1CN(CCOc2c(Cl)cccc2Cl)CCC1N. The molecule has 0 aromatic heterocycles. The number of rotatable bonds is 4. The van der Waals surface area contributed by atoms with Gasteiger partial charge in [0.25, 0.3) is 0 Å². The van der Waals surface area contributed by atoms with Gasteiger partial charge in [-0.2, -0.15) is 0 Å². The Morgan fingerprint density at radius 3 is 2.68 bits per heavy atom. The topological polar surface area (TPSA) is 38.5 Å². The fourth-order valence-electron chi connectivity index (χ4n) is 2.35. The standard InChI is InChI=1S/C14H20Cl2N2O/c1-10-9-18(6-5-13(10)17)7-8-19-14-11(15)3-2-4-12(14)16/h2-4,10,13H,5-9,17H2,1H3. The smallest absolute Gasteiger partial charge is 0.156 e. The van der Waals surface area contributed by atoms with Gasteiger partial charge < -0.3 is 10.5 Å². The van der Waals surface area contributed by atoms with Crippen molar-refractivity contribution in [3.63, 3.8) is 0 Å². The van der Waals surface area contributed by atoms with Crippen molar-refractivity contribution in [2.45, 2.75) is 19.4 Å². The van der Waals surface area contributed by atoms with Crippen molar-refractivity contribution in [2.75, 3.05) is 26.2 Å². The normalized spacial score (nSPS) is 24.4. The molecule has 2 N–H and O–H groups in total. The van der Waals surface area contributed by atoms with Crippen LogP contribution in [0.4, 0.5) is 0 Å². The second-order valence-electron chi connectivity index (χ2n) is 5.13. The Morgan fingerprint density at radius 1 is 1.37 bits per heavy atom. The van der Waals surface area contributed by atoms with Crippen LogP contribution in [0.25, 0.3) is 0 Å². The fraction of sp³-hybridized carbons (Fsp3) is 0.571. The summed E-state index contributed by atoms with van der Waals surface area (Å²) >= 11 is 12.1. The van der Waals surface area contributed by atoms with E-state index < -0.39 is 0 Å². The summed E-state index contributed by atoms with van der Waals surface area (Å²) in [5.41, 5.74) is 6.01. The number of nitrogens with zero attached hydrogens (tertiary/aromatic N) is 1. The first-order chi connectivity index (χ1) is 9.08. The second-order valence-corrected chi connectivity index (χ2v) is 5.94. The van der Waals surface area contributed by atoms with Crippen molar-refractivity contribution in [2.24, 2.45) is 11.7 Å². The monoisotopic (exact) mass is 302 g/mol. The Labute approximate surface area is 124 Å². The minimum Gasteiger partial charge on any atom is -0.489 e. The maximum absolute atomic E-state index is 6.05. The van der Waals surface area contributed by atoms with E-state index >= 15 is 0 Å². The van der Waals surface area contributed by atoms with Crippen LogP contribution in [0.1, 0.15) is 13.3 Å². The third-order valence-electron chi connectivity index (χ3n) is 3.63. The summed E-state index contributed by atoms with van der Waals surface area (Å²) in [4.78, 5) is 2.37. The van der Waals surface area contributed by atoms with E-state index in [2.05, 4.69) is 11.8 Å². The van der Waals surface area contributed by atoms with E-state index in [9.17, 15) is 0 Å². The van der Waals surface area contributed by atoms with Gasteiger partial charge in [0.2, 0.25) is 0 Å². The molecule has 1 fully saturated rings. The van der Waals surface area contributed by atoms with E-state index in [4.69, 9.17) is 33.7 Å². The molecule has 1 heterocycles. The van der Waals surface area contributed by atoms with Gasteiger partial charge in [-0.05, 0) is 31.0 Å². The lowest BCUT2D eigenvalue weighted by Crippen LogP contribution is -2.46. The molecule has 2 unspecified atom stereocenters. The third kappa shape index (κ3) is 3.99. The van der Waals surface area contributed by atoms with Crippen molar-refractivity contribution in [3.05, 3.63) is 28.2 Å². The zero-order chi connectivity index (χ0) is 13.8. The van der Waals surface area contributed by atoms with E-state index in [1.54, 1.807) is 12.1 Å². The highest BCUT2D eigenvalue weighted by Crippen LogP contribution is 2.32. The Balaban J connectivity index is 1.81. The third-order valence-corrected chi connectivity index (χ3v) is 4.22. The van der Waals surface area contributed by atoms with Crippen LogP contribution in [0.3, 0.4) is 0 Å². The zero-order valence-electron chi connectivity index (χ0n) is 11.1. The van der Waals surface area contributed by atoms with Crippen LogP contribution in [0.5, 0.6) is 5.75 Å². The lowest BCUT2D eigenvalue weighted by atomic mass is 9.95. The number of nitrogens with two attached hydrogens (primary N) is 1. The molecule has 2 rings (SSSR count). The summed E-state index contributed by atoms with van der Waals surface area (Å²) in [5.74, 6) is 1.12. The first-order valence-electron chi connectivity index (χ1n) is 6.62. The molecule has 1 aromatic rings. The molecule has 0 radical (unpaired) electrons. The molecular weight excluding hydrogens is 283 g/mol. The van der Waals surface area contributed by atoms with Crippen LogP contribution >= 0.6 is 23.2 Å². The molecule has 1 saturated heterocycles. The lowest BCUT2D eigenvalue weighted by Gasteiger charge is -2.34. The summed E-state index contributed by atoms with van der Waals surface area (Å²) in [6, 6.07) is 5.70. The summed E-state index contributed by atoms with van der Waals surface area (Å²) in [7, 11) is 0. The first kappa shape index (κ1) is 14.9. The van der Waals surface area contributed by atoms with E-state index in [1.165, 1.54) is 0 Å².